The number of allylic oxidation sites excluding steroid dienone is 3. The molecule has 0 unspecified atom stereocenters. The molecular formula is C32H46O4. The smallest absolute Gasteiger partial charge is 0.115 e. The molecule has 4 nitrogen and oxygen atoms in total. The first kappa shape index (κ1) is 27.2. The van der Waals surface area contributed by atoms with Crippen molar-refractivity contribution in [3.63, 3.8) is 0 Å². The van der Waals surface area contributed by atoms with Crippen molar-refractivity contribution in [2.24, 2.45) is 23.2 Å². The average Bonchev–Trinajstić information content (AvgIpc) is 3.22. The summed E-state index contributed by atoms with van der Waals surface area (Å²) >= 11 is 0. The maximum atomic E-state index is 10.2. The molecule has 0 aliphatic heterocycles. The number of rotatable bonds is 8. The molecule has 0 radical (unpaired) electrons. The number of hydrogen-bond acceptors (Lipinski definition) is 4. The Balaban J connectivity index is 1.36. The fourth-order valence-electron chi connectivity index (χ4n) is 7.58. The van der Waals surface area contributed by atoms with Gasteiger partial charge in [0.15, 0.2) is 0 Å². The Hall–Kier alpha value is -1.88. The van der Waals surface area contributed by atoms with Gasteiger partial charge in [0.2, 0.25) is 0 Å². The minimum absolute atomic E-state index is 0.0796. The van der Waals surface area contributed by atoms with Gasteiger partial charge in [0.05, 0.1) is 18.3 Å². The number of aliphatic hydroxyl groups is 2. The van der Waals surface area contributed by atoms with Gasteiger partial charge in [0.1, 0.15) is 5.75 Å². The molecule has 0 spiro atoms. The van der Waals surface area contributed by atoms with Gasteiger partial charge in [-0.3, -0.25) is 0 Å². The molecule has 3 saturated carbocycles. The lowest BCUT2D eigenvalue weighted by Crippen LogP contribution is -2.36. The van der Waals surface area contributed by atoms with Crippen LogP contribution in [0.15, 0.2) is 59.7 Å². The normalized spacial score (nSPS) is 33.4. The van der Waals surface area contributed by atoms with Crippen LogP contribution in [0.5, 0.6) is 5.75 Å². The summed E-state index contributed by atoms with van der Waals surface area (Å²) < 4.78 is 5.77. The molecule has 0 bridgehead atoms. The number of ether oxygens (including phenoxy) is 1. The lowest BCUT2D eigenvalue weighted by molar-refractivity contribution is 0.0780. The fraction of sp³-hybridized carbons (Fsp3) is 0.625. The van der Waals surface area contributed by atoms with Gasteiger partial charge >= 0.3 is 0 Å². The Morgan fingerprint density at radius 3 is 2.44 bits per heavy atom. The summed E-state index contributed by atoms with van der Waals surface area (Å²) in [6, 6.07) is 7.41. The second kappa shape index (κ2) is 11.7. The molecule has 4 rings (SSSR count). The second-order valence-electron chi connectivity index (χ2n) is 11.9. The first-order valence-electron chi connectivity index (χ1n) is 14.0. The van der Waals surface area contributed by atoms with Crippen LogP contribution in [0.25, 0.3) is 0 Å². The number of aromatic hydroxyl groups is 1. The third-order valence-electron chi connectivity index (χ3n) is 9.70. The average molecular weight is 495 g/mol. The summed E-state index contributed by atoms with van der Waals surface area (Å²) in [5, 5.41) is 30.0. The van der Waals surface area contributed by atoms with E-state index in [-0.39, 0.29) is 6.10 Å². The van der Waals surface area contributed by atoms with E-state index in [1.807, 2.05) is 12.1 Å². The van der Waals surface area contributed by atoms with E-state index < -0.39 is 12.2 Å². The highest BCUT2D eigenvalue weighted by Gasteiger charge is 2.50. The fourth-order valence-corrected chi connectivity index (χ4v) is 7.58. The van der Waals surface area contributed by atoms with Gasteiger partial charge < -0.3 is 20.1 Å². The van der Waals surface area contributed by atoms with E-state index >= 15 is 0 Å². The zero-order valence-electron chi connectivity index (χ0n) is 22.5. The van der Waals surface area contributed by atoms with E-state index in [0.29, 0.717) is 41.4 Å². The standard InChI is InChI=1S/C32H46O4/c1-21(7-5-9-31(36-4)25-12-14-26(33)15-13-25)27-16-17-28-24(8-6-18-32(27,28)3)11-10-23-19-29(34)22(2)30(35)20-23/h10-15,21,27-31,33-35H,2,5-9,16-20H2,1,3-4H3/b24-11+/t21-,27-,28+,29-,30-,31+,32-/m1/s1. The first-order valence-corrected chi connectivity index (χ1v) is 14.0. The molecule has 3 aliphatic carbocycles. The molecule has 3 N–H and O–H groups in total. The van der Waals surface area contributed by atoms with E-state index in [2.05, 4.69) is 32.6 Å². The van der Waals surface area contributed by atoms with Crippen LogP contribution < -0.4 is 0 Å². The van der Waals surface area contributed by atoms with Crippen LogP contribution in [0.1, 0.15) is 89.7 Å². The number of hydrogen-bond donors (Lipinski definition) is 3. The minimum atomic E-state index is -0.626. The molecule has 7 atom stereocenters. The number of methoxy groups -OCH3 is 1. The summed E-state index contributed by atoms with van der Waals surface area (Å²) in [6.45, 7) is 8.83. The molecular weight excluding hydrogens is 448 g/mol. The van der Waals surface area contributed by atoms with Gasteiger partial charge in [-0.2, -0.15) is 0 Å². The zero-order chi connectivity index (χ0) is 25.9. The van der Waals surface area contributed by atoms with Crippen LogP contribution in [0.3, 0.4) is 0 Å². The summed E-state index contributed by atoms with van der Waals surface area (Å²) in [7, 11) is 1.78. The molecule has 0 heterocycles. The summed E-state index contributed by atoms with van der Waals surface area (Å²) in [5.74, 6) is 2.37. The lowest BCUT2D eigenvalue weighted by Gasteiger charge is -2.44. The van der Waals surface area contributed by atoms with Crippen molar-refractivity contribution in [1.29, 1.82) is 0 Å². The zero-order valence-corrected chi connectivity index (χ0v) is 22.5. The van der Waals surface area contributed by atoms with Crippen molar-refractivity contribution in [2.45, 2.75) is 96.4 Å². The summed E-state index contributed by atoms with van der Waals surface area (Å²) in [4.78, 5) is 0. The van der Waals surface area contributed by atoms with Crippen LogP contribution >= 0.6 is 0 Å². The molecule has 198 valence electrons. The molecule has 0 saturated heterocycles. The molecule has 1 aromatic carbocycles. The number of phenols is 1. The Kier molecular flexibility index (Phi) is 8.80. The van der Waals surface area contributed by atoms with Crippen LogP contribution in [0.2, 0.25) is 0 Å². The minimum Gasteiger partial charge on any atom is -0.508 e. The van der Waals surface area contributed by atoms with E-state index in [0.717, 1.165) is 29.9 Å². The van der Waals surface area contributed by atoms with Gasteiger partial charge in [-0.05, 0) is 97.8 Å². The first-order chi connectivity index (χ1) is 17.2. The highest BCUT2D eigenvalue weighted by molar-refractivity contribution is 5.30. The van der Waals surface area contributed by atoms with E-state index in [1.165, 1.54) is 38.5 Å². The van der Waals surface area contributed by atoms with Crippen LogP contribution in [-0.2, 0) is 4.74 Å². The van der Waals surface area contributed by atoms with Crippen molar-refractivity contribution >= 4 is 0 Å². The topological polar surface area (TPSA) is 69.9 Å². The highest BCUT2D eigenvalue weighted by atomic mass is 16.5. The predicted octanol–water partition coefficient (Wildman–Crippen LogP) is 7.03. The molecule has 36 heavy (non-hydrogen) atoms. The highest BCUT2D eigenvalue weighted by Crippen LogP contribution is 2.60. The monoisotopic (exact) mass is 494 g/mol. The Morgan fingerprint density at radius 2 is 1.78 bits per heavy atom. The van der Waals surface area contributed by atoms with Crippen molar-refractivity contribution in [1.82, 2.24) is 0 Å². The van der Waals surface area contributed by atoms with E-state index in [4.69, 9.17) is 4.74 Å². The van der Waals surface area contributed by atoms with Crippen LogP contribution in [0.4, 0.5) is 0 Å². The van der Waals surface area contributed by atoms with Gasteiger partial charge in [0, 0.05) is 7.11 Å². The lowest BCUT2D eigenvalue weighted by atomic mass is 9.60. The maximum Gasteiger partial charge on any atom is 0.115 e. The van der Waals surface area contributed by atoms with Crippen molar-refractivity contribution < 1.29 is 20.1 Å². The van der Waals surface area contributed by atoms with Gasteiger partial charge in [-0.25, -0.2) is 0 Å². The Morgan fingerprint density at radius 1 is 1.08 bits per heavy atom. The number of fused-ring (bicyclic) bond motifs is 1. The molecule has 4 heteroatoms. The summed E-state index contributed by atoms with van der Waals surface area (Å²) in [6.07, 6.45) is 14.2. The second-order valence-corrected chi connectivity index (χ2v) is 11.9. The third-order valence-corrected chi connectivity index (χ3v) is 9.70. The van der Waals surface area contributed by atoms with Crippen molar-refractivity contribution in [3.8, 4) is 5.75 Å². The number of benzene rings is 1. The number of phenolic OH excluding ortho intramolecular Hbond substituents is 1. The van der Waals surface area contributed by atoms with E-state index in [1.54, 1.807) is 24.8 Å². The Labute approximate surface area is 217 Å². The quantitative estimate of drug-likeness (QED) is 0.339. The SMILES string of the molecule is C=C1[C@H](O)CC(=C/C=C2\CCC[C@]3(C)[C@@H]([C@H](C)CCC[C@H](OC)c4ccc(O)cc4)CC[C@@H]23)C[C@H]1O. The van der Waals surface area contributed by atoms with Crippen molar-refractivity contribution in [2.75, 3.05) is 7.11 Å². The number of aliphatic hydroxyl groups excluding tert-OH is 2. The third kappa shape index (κ3) is 5.82. The summed E-state index contributed by atoms with van der Waals surface area (Å²) in [5.41, 5.74) is 4.75. The Bertz CT molecular complexity index is 945. The maximum absolute atomic E-state index is 10.2. The predicted molar refractivity (Wildman–Crippen MR) is 146 cm³/mol. The molecule has 0 aromatic heterocycles. The van der Waals surface area contributed by atoms with E-state index in [9.17, 15) is 15.3 Å². The molecule has 0 amide bonds. The van der Waals surface area contributed by atoms with Crippen LogP contribution in [0, 0.1) is 23.2 Å². The van der Waals surface area contributed by atoms with Gasteiger partial charge in [-0.1, -0.05) is 68.7 Å². The molecule has 1 aromatic rings. The van der Waals surface area contributed by atoms with Gasteiger partial charge in [-0.15, -0.1) is 0 Å². The van der Waals surface area contributed by atoms with Crippen LogP contribution in [-0.4, -0.2) is 34.6 Å². The van der Waals surface area contributed by atoms with Crippen molar-refractivity contribution in [3.05, 3.63) is 65.3 Å². The largest absolute Gasteiger partial charge is 0.508 e. The van der Waals surface area contributed by atoms with Gasteiger partial charge in [0.25, 0.3) is 0 Å². The molecule has 3 fully saturated rings. The molecule has 3 aliphatic rings.